The van der Waals surface area contributed by atoms with Gasteiger partial charge in [-0.3, -0.25) is 4.99 Å². The Labute approximate surface area is 153 Å². The van der Waals surface area contributed by atoms with E-state index in [1.807, 2.05) is 48.5 Å². The lowest BCUT2D eigenvalue weighted by Gasteiger charge is -2.33. The van der Waals surface area contributed by atoms with Crippen molar-refractivity contribution in [2.45, 2.75) is 78.5 Å². The van der Waals surface area contributed by atoms with Gasteiger partial charge in [-0.2, -0.15) is 0 Å². The fraction of sp³-hybridized carbons (Fsp3) is 0.889. The van der Waals surface area contributed by atoms with Gasteiger partial charge in [0.15, 0.2) is 5.96 Å². The van der Waals surface area contributed by atoms with Gasteiger partial charge < -0.3 is 25.4 Å². The van der Waals surface area contributed by atoms with Crippen molar-refractivity contribution in [2.24, 2.45) is 4.99 Å². The van der Waals surface area contributed by atoms with Crippen LogP contribution in [0.1, 0.15) is 61.3 Å². The molecule has 0 aliphatic rings. The second-order valence-corrected chi connectivity index (χ2v) is 7.31. The molecule has 25 heavy (non-hydrogen) atoms. The second-order valence-electron chi connectivity index (χ2n) is 7.31. The van der Waals surface area contributed by atoms with Gasteiger partial charge in [-0.15, -0.1) is 0 Å². The number of guanidine groups is 1. The number of aliphatic imine (C=N–C) groups is 1. The number of carbonyl (C=O) groups is 1. The normalized spacial score (nSPS) is 14.0. The molecular formula is C18H38N4O3. The van der Waals surface area contributed by atoms with Gasteiger partial charge in [0.1, 0.15) is 5.60 Å². The predicted molar refractivity (Wildman–Crippen MR) is 103 cm³/mol. The quantitative estimate of drug-likeness (QED) is 0.436. The third-order valence-electron chi connectivity index (χ3n) is 3.80. The Morgan fingerprint density at radius 1 is 1.16 bits per heavy atom. The molecule has 1 atom stereocenters. The molecule has 7 heteroatoms. The van der Waals surface area contributed by atoms with Crippen molar-refractivity contribution >= 4 is 12.1 Å². The van der Waals surface area contributed by atoms with Crippen LogP contribution in [0.4, 0.5) is 4.79 Å². The molecule has 0 heterocycles. The molecule has 7 nitrogen and oxygen atoms in total. The highest BCUT2D eigenvalue weighted by atomic mass is 16.6. The molecule has 1 amide bonds. The molecule has 0 aromatic rings. The predicted octanol–water partition coefficient (Wildman–Crippen LogP) is 2.66. The average molecular weight is 359 g/mol. The van der Waals surface area contributed by atoms with Crippen LogP contribution in [0.5, 0.6) is 0 Å². The first-order valence-corrected chi connectivity index (χ1v) is 9.16. The third-order valence-corrected chi connectivity index (χ3v) is 3.80. The van der Waals surface area contributed by atoms with E-state index in [1.165, 1.54) is 0 Å². The van der Waals surface area contributed by atoms with E-state index in [-0.39, 0.29) is 6.04 Å². The zero-order valence-electron chi connectivity index (χ0n) is 17.3. The monoisotopic (exact) mass is 358 g/mol. The zero-order chi connectivity index (χ0) is 19.5. The van der Waals surface area contributed by atoms with Crippen LogP contribution in [0.2, 0.25) is 0 Å². The molecule has 0 saturated heterocycles. The standard InChI is InChI=1S/C18H38N4O3/c1-9-18(10-2,22-16(23)25-17(5,6)7)13-20-15(19-11-3)21-14(4)12-24-8/h14H,9-13H2,1-8H3,(H,22,23)(H2,19,20,21). The Bertz CT molecular complexity index is 415. The van der Waals surface area contributed by atoms with Crippen LogP contribution < -0.4 is 16.0 Å². The van der Waals surface area contributed by atoms with Gasteiger partial charge in [-0.1, -0.05) is 13.8 Å². The number of hydrogen-bond acceptors (Lipinski definition) is 4. The van der Waals surface area contributed by atoms with Crippen molar-refractivity contribution < 1.29 is 14.3 Å². The smallest absolute Gasteiger partial charge is 0.408 e. The van der Waals surface area contributed by atoms with Gasteiger partial charge >= 0.3 is 6.09 Å². The summed E-state index contributed by atoms with van der Waals surface area (Å²) in [4.78, 5) is 16.9. The molecule has 1 unspecified atom stereocenters. The van der Waals surface area contributed by atoms with E-state index in [0.717, 1.165) is 19.4 Å². The molecule has 0 rings (SSSR count). The summed E-state index contributed by atoms with van der Waals surface area (Å²) in [6.07, 6.45) is 1.12. The molecular weight excluding hydrogens is 320 g/mol. The van der Waals surface area contributed by atoms with Gasteiger partial charge in [0.25, 0.3) is 0 Å². The molecule has 148 valence electrons. The van der Waals surface area contributed by atoms with E-state index in [2.05, 4.69) is 20.9 Å². The van der Waals surface area contributed by atoms with E-state index in [1.54, 1.807) is 7.11 Å². The van der Waals surface area contributed by atoms with Crippen LogP contribution in [0.25, 0.3) is 0 Å². The van der Waals surface area contributed by atoms with E-state index in [9.17, 15) is 4.79 Å². The maximum Gasteiger partial charge on any atom is 0.408 e. The molecule has 0 saturated carbocycles. The largest absolute Gasteiger partial charge is 0.444 e. The Morgan fingerprint density at radius 2 is 1.76 bits per heavy atom. The van der Waals surface area contributed by atoms with E-state index < -0.39 is 17.2 Å². The summed E-state index contributed by atoms with van der Waals surface area (Å²) >= 11 is 0. The van der Waals surface area contributed by atoms with E-state index in [0.29, 0.717) is 19.1 Å². The Morgan fingerprint density at radius 3 is 2.20 bits per heavy atom. The number of ether oxygens (including phenoxy) is 2. The number of methoxy groups -OCH3 is 1. The van der Waals surface area contributed by atoms with Crippen molar-refractivity contribution in [2.75, 3.05) is 26.8 Å². The highest BCUT2D eigenvalue weighted by molar-refractivity contribution is 5.80. The zero-order valence-corrected chi connectivity index (χ0v) is 17.3. The Hall–Kier alpha value is -1.50. The second kappa shape index (κ2) is 11.2. The highest BCUT2D eigenvalue weighted by Crippen LogP contribution is 2.17. The Balaban J connectivity index is 5.07. The Kier molecular flexibility index (Phi) is 10.5. The lowest BCUT2D eigenvalue weighted by molar-refractivity contribution is 0.0452. The summed E-state index contributed by atoms with van der Waals surface area (Å²) in [5.41, 5.74) is -0.957. The van der Waals surface area contributed by atoms with Crippen LogP contribution in [0.15, 0.2) is 4.99 Å². The minimum atomic E-state index is -0.521. The minimum Gasteiger partial charge on any atom is -0.444 e. The van der Waals surface area contributed by atoms with Gasteiger partial charge in [-0.05, 0) is 47.5 Å². The van der Waals surface area contributed by atoms with Crippen LogP contribution in [0.3, 0.4) is 0 Å². The summed E-state index contributed by atoms with van der Waals surface area (Å²) in [5.74, 6) is 0.712. The van der Waals surface area contributed by atoms with Gasteiger partial charge in [0.2, 0.25) is 0 Å². The van der Waals surface area contributed by atoms with Crippen LogP contribution in [-0.2, 0) is 9.47 Å². The maximum absolute atomic E-state index is 12.2. The van der Waals surface area contributed by atoms with Gasteiger partial charge in [0, 0.05) is 19.7 Å². The lowest BCUT2D eigenvalue weighted by Crippen LogP contribution is -2.52. The van der Waals surface area contributed by atoms with Crippen LogP contribution >= 0.6 is 0 Å². The molecule has 0 spiro atoms. The molecule has 0 aliphatic heterocycles. The number of nitrogens with one attached hydrogen (secondary N) is 3. The van der Waals surface area contributed by atoms with Crippen molar-refractivity contribution in [3.05, 3.63) is 0 Å². The number of nitrogens with zero attached hydrogens (tertiary/aromatic N) is 1. The summed E-state index contributed by atoms with van der Waals surface area (Å²) in [7, 11) is 1.67. The fourth-order valence-corrected chi connectivity index (χ4v) is 2.29. The number of alkyl carbamates (subject to hydrolysis) is 1. The minimum absolute atomic E-state index is 0.138. The first-order valence-electron chi connectivity index (χ1n) is 9.16. The van der Waals surface area contributed by atoms with Crippen molar-refractivity contribution in [3.63, 3.8) is 0 Å². The molecule has 0 aliphatic carbocycles. The summed E-state index contributed by atoms with van der Waals surface area (Å²) in [5, 5.41) is 9.54. The first-order chi connectivity index (χ1) is 11.6. The van der Waals surface area contributed by atoms with Gasteiger partial charge in [0.05, 0.1) is 18.7 Å². The molecule has 3 N–H and O–H groups in total. The van der Waals surface area contributed by atoms with Crippen molar-refractivity contribution in [1.29, 1.82) is 0 Å². The maximum atomic E-state index is 12.2. The summed E-state index contributed by atoms with van der Waals surface area (Å²) in [6.45, 7) is 15.5. The molecule has 0 aromatic heterocycles. The first kappa shape index (κ1) is 23.5. The highest BCUT2D eigenvalue weighted by Gasteiger charge is 2.30. The number of amides is 1. The van der Waals surface area contributed by atoms with Gasteiger partial charge in [-0.25, -0.2) is 4.79 Å². The van der Waals surface area contributed by atoms with E-state index in [4.69, 9.17) is 9.47 Å². The van der Waals surface area contributed by atoms with Crippen LogP contribution in [-0.4, -0.2) is 56.0 Å². The SMILES string of the molecule is CCNC(=NCC(CC)(CC)NC(=O)OC(C)(C)C)NC(C)COC. The average Bonchev–Trinajstić information content (AvgIpc) is 2.50. The molecule has 0 bridgehead atoms. The van der Waals surface area contributed by atoms with Crippen LogP contribution in [0, 0.1) is 0 Å². The van der Waals surface area contributed by atoms with Crippen molar-refractivity contribution in [1.82, 2.24) is 16.0 Å². The lowest BCUT2D eigenvalue weighted by atomic mass is 9.93. The summed E-state index contributed by atoms with van der Waals surface area (Å²) < 4.78 is 10.6. The van der Waals surface area contributed by atoms with Crippen molar-refractivity contribution in [3.8, 4) is 0 Å². The molecule has 0 aromatic carbocycles. The fourth-order valence-electron chi connectivity index (χ4n) is 2.29. The topological polar surface area (TPSA) is 84.0 Å². The number of carbonyl (C=O) groups excluding carboxylic acids is 1. The number of rotatable bonds is 9. The molecule has 0 radical (unpaired) electrons. The summed E-state index contributed by atoms with van der Waals surface area (Å²) in [6, 6.07) is 0.138. The van der Waals surface area contributed by atoms with E-state index >= 15 is 0 Å². The molecule has 0 fully saturated rings. The third kappa shape index (κ3) is 10.2. The number of hydrogen-bond donors (Lipinski definition) is 3.